The highest BCUT2D eigenvalue weighted by Gasteiger charge is 2.38. The zero-order chi connectivity index (χ0) is 13.5. The fraction of sp³-hybridized carbons (Fsp3) is 0.400. The van der Waals surface area contributed by atoms with E-state index in [2.05, 4.69) is 32.3 Å². The summed E-state index contributed by atoms with van der Waals surface area (Å²) in [6.45, 7) is 11.4. The molecule has 0 unspecified atom stereocenters. The molecule has 1 aliphatic rings. The summed E-state index contributed by atoms with van der Waals surface area (Å²) in [4.78, 5) is 13.8. The van der Waals surface area contributed by atoms with Crippen LogP contribution < -0.4 is 4.90 Å². The number of hydrogen-bond donors (Lipinski definition) is 0. The van der Waals surface area contributed by atoms with Gasteiger partial charge in [0.25, 0.3) is 0 Å². The van der Waals surface area contributed by atoms with E-state index in [0.717, 1.165) is 23.5 Å². The Balaban J connectivity index is 2.57. The van der Waals surface area contributed by atoms with E-state index in [0.29, 0.717) is 5.56 Å². The molecule has 3 heteroatoms. The van der Waals surface area contributed by atoms with Gasteiger partial charge in [-0.3, -0.25) is 0 Å². The molecule has 1 aromatic carbocycles. The third-order valence-corrected chi connectivity index (χ3v) is 3.75. The van der Waals surface area contributed by atoms with Gasteiger partial charge in [-0.1, -0.05) is 20.4 Å². The molecular weight excluding hydrogens is 226 g/mol. The average molecular weight is 245 g/mol. The van der Waals surface area contributed by atoms with Gasteiger partial charge in [0, 0.05) is 23.3 Å². The van der Waals surface area contributed by atoms with Gasteiger partial charge in [0.2, 0.25) is 0 Å². The summed E-state index contributed by atoms with van der Waals surface area (Å²) in [5.74, 6) is -0.297. The summed E-state index contributed by atoms with van der Waals surface area (Å²) in [5, 5.41) is 0. The van der Waals surface area contributed by atoms with E-state index >= 15 is 0 Å². The van der Waals surface area contributed by atoms with Crippen molar-refractivity contribution < 1.29 is 9.53 Å². The number of carbonyl (C=O) groups is 1. The van der Waals surface area contributed by atoms with Crippen LogP contribution in [-0.2, 0) is 10.2 Å². The molecule has 3 nitrogen and oxygen atoms in total. The van der Waals surface area contributed by atoms with Gasteiger partial charge in [-0.25, -0.2) is 4.79 Å². The predicted octanol–water partition coefficient (Wildman–Crippen LogP) is 3.10. The van der Waals surface area contributed by atoms with Crippen LogP contribution in [0.4, 0.5) is 5.69 Å². The van der Waals surface area contributed by atoms with Crippen LogP contribution in [0.3, 0.4) is 0 Å². The molecule has 0 aromatic heterocycles. The first-order valence-electron chi connectivity index (χ1n) is 6.13. The first kappa shape index (κ1) is 12.7. The first-order chi connectivity index (χ1) is 8.43. The summed E-state index contributed by atoms with van der Waals surface area (Å²) in [6.07, 6.45) is 0. The highest BCUT2D eigenvalue weighted by molar-refractivity contribution is 5.91. The van der Waals surface area contributed by atoms with E-state index in [1.807, 2.05) is 18.2 Å². The van der Waals surface area contributed by atoms with Crippen LogP contribution in [0.25, 0.3) is 0 Å². The molecule has 0 fully saturated rings. The topological polar surface area (TPSA) is 29.5 Å². The molecular formula is C15H19NO2. The lowest BCUT2D eigenvalue weighted by Gasteiger charge is -2.24. The van der Waals surface area contributed by atoms with Gasteiger partial charge in [-0.15, -0.1) is 0 Å². The zero-order valence-corrected chi connectivity index (χ0v) is 11.4. The SMILES string of the molecule is C=C1N(CC)c2ccc(C(=O)OC)cc2C1(C)C. The van der Waals surface area contributed by atoms with Crippen LogP contribution in [0.2, 0.25) is 0 Å². The van der Waals surface area contributed by atoms with Crippen molar-refractivity contribution in [3.63, 3.8) is 0 Å². The van der Waals surface area contributed by atoms with E-state index in [9.17, 15) is 4.79 Å². The van der Waals surface area contributed by atoms with Crippen molar-refractivity contribution in [2.75, 3.05) is 18.6 Å². The standard InChI is InChI=1S/C15H19NO2/c1-6-16-10(2)15(3,4)12-9-11(14(17)18-5)7-8-13(12)16/h7-9H,2,6H2,1,3-5H3. The van der Waals surface area contributed by atoms with E-state index in [1.165, 1.54) is 7.11 Å². The Kier molecular flexibility index (Phi) is 2.93. The number of allylic oxidation sites excluding steroid dienone is 1. The highest BCUT2D eigenvalue weighted by Crippen LogP contribution is 2.46. The van der Waals surface area contributed by atoms with Crippen LogP contribution in [0, 0.1) is 0 Å². The third kappa shape index (κ3) is 1.62. The number of esters is 1. The van der Waals surface area contributed by atoms with Gasteiger partial charge < -0.3 is 9.64 Å². The van der Waals surface area contributed by atoms with Crippen molar-refractivity contribution in [3.8, 4) is 0 Å². The molecule has 0 saturated carbocycles. The molecule has 0 bridgehead atoms. The van der Waals surface area contributed by atoms with Crippen molar-refractivity contribution in [2.45, 2.75) is 26.2 Å². The van der Waals surface area contributed by atoms with Crippen LogP contribution in [0.15, 0.2) is 30.5 Å². The number of anilines is 1. The maximum atomic E-state index is 11.6. The predicted molar refractivity (Wildman–Crippen MR) is 73.0 cm³/mol. The number of ether oxygens (including phenoxy) is 1. The summed E-state index contributed by atoms with van der Waals surface area (Å²) in [5.41, 5.74) is 3.80. The number of hydrogen-bond acceptors (Lipinski definition) is 3. The molecule has 1 aromatic rings. The van der Waals surface area contributed by atoms with Crippen molar-refractivity contribution >= 4 is 11.7 Å². The molecule has 1 heterocycles. The number of likely N-dealkylation sites (N-methyl/N-ethyl adjacent to an activating group) is 1. The Bertz CT molecular complexity index is 517. The number of methoxy groups -OCH3 is 1. The maximum absolute atomic E-state index is 11.6. The van der Waals surface area contributed by atoms with Crippen molar-refractivity contribution in [1.82, 2.24) is 0 Å². The van der Waals surface area contributed by atoms with Crippen LogP contribution in [-0.4, -0.2) is 19.6 Å². The second-order valence-electron chi connectivity index (χ2n) is 5.04. The van der Waals surface area contributed by atoms with E-state index in [4.69, 9.17) is 4.74 Å². The molecule has 0 atom stereocenters. The lowest BCUT2D eigenvalue weighted by atomic mass is 9.84. The molecule has 0 aliphatic carbocycles. The Hall–Kier alpha value is -1.77. The molecule has 96 valence electrons. The maximum Gasteiger partial charge on any atom is 0.337 e. The molecule has 0 saturated heterocycles. The zero-order valence-electron chi connectivity index (χ0n) is 11.4. The Morgan fingerprint density at radius 2 is 2.11 bits per heavy atom. The van der Waals surface area contributed by atoms with Gasteiger partial charge in [-0.2, -0.15) is 0 Å². The Morgan fingerprint density at radius 1 is 1.44 bits per heavy atom. The van der Waals surface area contributed by atoms with Crippen molar-refractivity contribution in [1.29, 1.82) is 0 Å². The summed E-state index contributed by atoms with van der Waals surface area (Å²) >= 11 is 0. The van der Waals surface area contributed by atoms with Gasteiger partial charge in [-0.05, 0) is 30.7 Å². The molecule has 0 N–H and O–H groups in total. The second-order valence-corrected chi connectivity index (χ2v) is 5.04. The van der Waals surface area contributed by atoms with Crippen LogP contribution >= 0.6 is 0 Å². The third-order valence-electron chi connectivity index (χ3n) is 3.75. The fourth-order valence-electron chi connectivity index (χ4n) is 2.52. The van der Waals surface area contributed by atoms with Gasteiger partial charge in [0.1, 0.15) is 0 Å². The molecule has 2 rings (SSSR count). The van der Waals surface area contributed by atoms with Gasteiger partial charge >= 0.3 is 5.97 Å². The lowest BCUT2D eigenvalue weighted by molar-refractivity contribution is 0.0600. The minimum Gasteiger partial charge on any atom is -0.465 e. The Labute approximate surface area is 108 Å². The second kappa shape index (κ2) is 4.16. The summed E-state index contributed by atoms with van der Waals surface area (Å²) in [7, 11) is 1.40. The van der Waals surface area contributed by atoms with Crippen LogP contribution in [0.1, 0.15) is 36.7 Å². The number of benzene rings is 1. The number of fused-ring (bicyclic) bond motifs is 1. The van der Waals surface area contributed by atoms with Gasteiger partial charge in [0.15, 0.2) is 0 Å². The molecule has 18 heavy (non-hydrogen) atoms. The van der Waals surface area contributed by atoms with Crippen LogP contribution in [0.5, 0.6) is 0 Å². The number of carbonyl (C=O) groups excluding carboxylic acids is 1. The highest BCUT2D eigenvalue weighted by atomic mass is 16.5. The van der Waals surface area contributed by atoms with E-state index < -0.39 is 0 Å². The quantitative estimate of drug-likeness (QED) is 0.750. The molecule has 0 radical (unpaired) electrons. The van der Waals surface area contributed by atoms with E-state index in [1.54, 1.807) is 0 Å². The summed E-state index contributed by atoms with van der Waals surface area (Å²) in [6, 6.07) is 5.70. The largest absolute Gasteiger partial charge is 0.465 e. The van der Waals surface area contributed by atoms with Gasteiger partial charge in [0.05, 0.1) is 12.7 Å². The molecule has 0 amide bonds. The average Bonchev–Trinajstić information content (AvgIpc) is 2.56. The van der Waals surface area contributed by atoms with Crippen molar-refractivity contribution in [3.05, 3.63) is 41.6 Å². The Morgan fingerprint density at radius 3 is 2.67 bits per heavy atom. The van der Waals surface area contributed by atoms with Crippen molar-refractivity contribution in [2.24, 2.45) is 0 Å². The fourth-order valence-corrected chi connectivity index (χ4v) is 2.52. The minimum absolute atomic E-state index is 0.143. The molecule has 0 spiro atoms. The molecule has 1 aliphatic heterocycles. The smallest absolute Gasteiger partial charge is 0.337 e. The minimum atomic E-state index is -0.297. The monoisotopic (exact) mass is 245 g/mol. The first-order valence-corrected chi connectivity index (χ1v) is 6.13. The normalized spacial score (nSPS) is 16.7. The summed E-state index contributed by atoms with van der Waals surface area (Å²) < 4.78 is 4.77. The van der Waals surface area contributed by atoms with E-state index in [-0.39, 0.29) is 11.4 Å². The lowest BCUT2D eigenvalue weighted by Crippen LogP contribution is -2.24. The number of rotatable bonds is 2. The number of nitrogens with zero attached hydrogens (tertiary/aromatic N) is 1.